The maximum absolute atomic E-state index is 11.2. The summed E-state index contributed by atoms with van der Waals surface area (Å²) < 4.78 is 1.43. The van der Waals surface area contributed by atoms with Crippen LogP contribution in [0.25, 0.3) is 11.0 Å². The number of nitrogens with zero attached hydrogens (tertiary/aromatic N) is 1. The highest BCUT2D eigenvalue weighted by atomic mass is 35.5. The summed E-state index contributed by atoms with van der Waals surface area (Å²) in [4.78, 5) is 13.9. The molecule has 0 fully saturated rings. The third kappa shape index (κ3) is 1.16. The predicted octanol–water partition coefficient (Wildman–Crippen LogP) is 2.17. The standard InChI is InChI=1S/C8H6Cl2N2O/c1-12-7-5(11-8(12)13)3-2-4(9)6(7)10/h2-3H,1H3,(H,11,13). The van der Waals surface area contributed by atoms with Crippen LogP contribution in [-0.4, -0.2) is 9.55 Å². The fourth-order valence-electron chi connectivity index (χ4n) is 1.27. The van der Waals surface area contributed by atoms with Gasteiger partial charge in [0.25, 0.3) is 0 Å². The zero-order chi connectivity index (χ0) is 9.59. The van der Waals surface area contributed by atoms with Crippen LogP contribution in [0.5, 0.6) is 0 Å². The Bertz CT molecular complexity index is 527. The van der Waals surface area contributed by atoms with Crippen LogP contribution in [-0.2, 0) is 7.05 Å². The molecule has 0 aliphatic carbocycles. The van der Waals surface area contributed by atoms with E-state index < -0.39 is 0 Å². The van der Waals surface area contributed by atoms with Gasteiger partial charge in [-0.15, -0.1) is 0 Å². The first-order chi connectivity index (χ1) is 6.11. The highest BCUT2D eigenvalue weighted by molar-refractivity contribution is 6.44. The van der Waals surface area contributed by atoms with Crippen molar-refractivity contribution in [3.8, 4) is 0 Å². The van der Waals surface area contributed by atoms with E-state index in [4.69, 9.17) is 23.2 Å². The van der Waals surface area contributed by atoms with Crippen LogP contribution in [0.1, 0.15) is 0 Å². The van der Waals surface area contributed by atoms with E-state index in [-0.39, 0.29) is 5.69 Å². The summed E-state index contributed by atoms with van der Waals surface area (Å²) in [5.74, 6) is 0. The van der Waals surface area contributed by atoms with Crippen molar-refractivity contribution in [1.82, 2.24) is 9.55 Å². The van der Waals surface area contributed by atoms with Gasteiger partial charge in [0.15, 0.2) is 0 Å². The molecule has 0 aliphatic rings. The fourth-order valence-corrected chi connectivity index (χ4v) is 1.71. The molecule has 2 aromatic rings. The van der Waals surface area contributed by atoms with Gasteiger partial charge in [-0.05, 0) is 12.1 Å². The molecule has 0 aliphatic heterocycles. The van der Waals surface area contributed by atoms with E-state index in [1.165, 1.54) is 4.57 Å². The Kier molecular flexibility index (Phi) is 1.86. The normalized spacial score (nSPS) is 11.0. The molecule has 1 aromatic carbocycles. The third-order valence-corrected chi connectivity index (χ3v) is 2.74. The lowest BCUT2D eigenvalue weighted by Gasteiger charge is -1.98. The molecule has 1 aromatic heterocycles. The van der Waals surface area contributed by atoms with E-state index in [1.807, 2.05) is 0 Å². The number of aromatic nitrogens is 2. The summed E-state index contributed by atoms with van der Waals surface area (Å²) in [7, 11) is 1.64. The second-order valence-electron chi connectivity index (χ2n) is 2.75. The van der Waals surface area contributed by atoms with Crippen molar-refractivity contribution < 1.29 is 0 Å². The topological polar surface area (TPSA) is 37.8 Å². The molecule has 0 saturated heterocycles. The number of halogens is 2. The lowest BCUT2D eigenvalue weighted by Crippen LogP contribution is -2.11. The number of nitrogens with one attached hydrogen (secondary N) is 1. The van der Waals surface area contributed by atoms with E-state index in [2.05, 4.69) is 4.98 Å². The van der Waals surface area contributed by atoms with Gasteiger partial charge in [-0.2, -0.15) is 0 Å². The fraction of sp³-hybridized carbons (Fsp3) is 0.125. The van der Waals surface area contributed by atoms with Crippen molar-refractivity contribution in [2.45, 2.75) is 0 Å². The zero-order valence-corrected chi connectivity index (χ0v) is 8.28. The number of imidazole rings is 1. The second kappa shape index (κ2) is 2.79. The summed E-state index contributed by atoms with van der Waals surface area (Å²) >= 11 is 11.7. The number of hydrogen-bond acceptors (Lipinski definition) is 1. The second-order valence-corrected chi connectivity index (χ2v) is 3.53. The van der Waals surface area contributed by atoms with Crippen LogP contribution < -0.4 is 5.69 Å². The smallest absolute Gasteiger partial charge is 0.305 e. The van der Waals surface area contributed by atoms with Gasteiger partial charge in [-0.3, -0.25) is 4.57 Å². The zero-order valence-electron chi connectivity index (χ0n) is 6.77. The molecule has 0 unspecified atom stereocenters. The summed E-state index contributed by atoms with van der Waals surface area (Å²) in [6, 6.07) is 3.38. The molecule has 0 spiro atoms. The molecule has 13 heavy (non-hydrogen) atoms. The van der Waals surface area contributed by atoms with Gasteiger partial charge >= 0.3 is 5.69 Å². The van der Waals surface area contributed by atoms with Crippen LogP contribution in [0.4, 0.5) is 0 Å². The van der Waals surface area contributed by atoms with Crippen LogP contribution in [0.3, 0.4) is 0 Å². The number of rotatable bonds is 0. The average Bonchev–Trinajstić information content (AvgIpc) is 2.37. The number of aromatic amines is 1. The minimum Gasteiger partial charge on any atom is -0.305 e. The third-order valence-electron chi connectivity index (χ3n) is 1.95. The molecule has 1 N–H and O–H groups in total. The Hall–Kier alpha value is -0.930. The molecule has 1 heterocycles. The molecule has 0 amide bonds. The molecule has 68 valence electrons. The van der Waals surface area contributed by atoms with Crippen LogP contribution in [0, 0.1) is 0 Å². The minimum absolute atomic E-state index is 0.195. The Balaban J connectivity index is 3.05. The van der Waals surface area contributed by atoms with E-state index in [0.717, 1.165) is 0 Å². The van der Waals surface area contributed by atoms with E-state index in [9.17, 15) is 4.79 Å². The number of benzene rings is 1. The van der Waals surface area contributed by atoms with Crippen LogP contribution >= 0.6 is 23.2 Å². The SMILES string of the molecule is Cn1c(=O)[nH]c2ccc(Cl)c(Cl)c21. The molecule has 3 nitrogen and oxygen atoms in total. The minimum atomic E-state index is -0.195. The quantitative estimate of drug-likeness (QED) is 0.721. The Labute approximate surface area is 83.9 Å². The molecular weight excluding hydrogens is 211 g/mol. The lowest BCUT2D eigenvalue weighted by atomic mass is 10.3. The highest BCUT2D eigenvalue weighted by Gasteiger charge is 2.09. The van der Waals surface area contributed by atoms with E-state index >= 15 is 0 Å². The maximum Gasteiger partial charge on any atom is 0.326 e. The monoisotopic (exact) mass is 216 g/mol. The maximum atomic E-state index is 11.2. The van der Waals surface area contributed by atoms with Gasteiger partial charge in [0.05, 0.1) is 21.1 Å². The van der Waals surface area contributed by atoms with Crippen LogP contribution in [0.2, 0.25) is 10.0 Å². The predicted molar refractivity (Wildman–Crippen MR) is 53.6 cm³/mol. The van der Waals surface area contributed by atoms with Crippen molar-refractivity contribution in [3.05, 3.63) is 32.7 Å². The molecule has 0 saturated carbocycles. The van der Waals surface area contributed by atoms with Crippen molar-refractivity contribution in [1.29, 1.82) is 0 Å². The van der Waals surface area contributed by atoms with Gasteiger partial charge in [-0.25, -0.2) is 4.79 Å². The van der Waals surface area contributed by atoms with Gasteiger partial charge in [0, 0.05) is 7.05 Å². The Morgan fingerprint density at radius 1 is 1.38 bits per heavy atom. The van der Waals surface area contributed by atoms with Gasteiger partial charge in [0.2, 0.25) is 0 Å². The van der Waals surface area contributed by atoms with Crippen molar-refractivity contribution in [2.24, 2.45) is 7.05 Å². The number of fused-ring (bicyclic) bond motifs is 1. The summed E-state index contributed by atoms with van der Waals surface area (Å²) in [5, 5.41) is 0.851. The number of aryl methyl sites for hydroxylation is 1. The van der Waals surface area contributed by atoms with Gasteiger partial charge < -0.3 is 4.98 Å². The molecule has 2 rings (SSSR count). The Morgan fingerprint density at radius 3 is 2.77 bits per heavy atom. The molecule has 0 radical (unpaired) electrons. The van der Waals surface area contributed by atoms with Crippen molar-refractivity contribution in [2.75, 3.05) is 0 Å². The van der Waals surface area contributed by atoms with Crippen molar-refractivity contribution in [3.63, 3.8) is 0 Å². The molecule has 0 atom stereocenters. The van der Waals surface area contributed by atoms with E-state index in [1.54, 1.807) is 19.2 Å². The van der Waals surface area contributed by atoms with Gasteiger partial charge in [0.1, 0.15) is 0 Å². The average molecular weight is 217 g/mol. The largest absolute Gasteiger partial charge is 0.326 e. The van der Waals surface area contributed by atoms with Gasteiger partial charge in [-0.1, -0.05) is 23.2 Å². The number of hydrogen-bond donors (Lipinski definition) is 1. The number of H-pyrrole nitrogens is 1. The summed E-state index contributed by atoms with van der Waals surface area (Å²) in [5.41, 5.74) is 1.14. The molecule has 0 bridgehead atoms. The summed E-state index contributed by atoms with van der Waals surface area (Å²) in [6.45, 7) is 0. The first-order valence-corrected chi connectivity index (χ1v) is 4.39. The van der Waals surface area contributed by atoms with Crippen LogP contribution in [0.15, 0.2) is 16.9 Å². The first kappa shape index (κ1) is 8.66. The molecular formula is C8H6Cl2N2O. The summed E-state index contributed by atoms with van der Waals surface area (Å²) in [6.07, 6.45) is 0. The lowest BCUT2D eigenvalue weighted by molar-refractivity contribution is 0.892. The highest BCUT2D eigenvalue weighted by Crippen LogP contribution is 2.28. The Morgan fingerprint density at radius 2 is 2.08 bits per heavy atom. The molecule has 5 heteroatoms. The van der Waals surface area contributed by atoms with E-state index in [0.29, 0.717) is 21.1 Å². The van der Waals surface area contributed by atoms with Crippen molar-refractivity contribution >= 4 is 34.2 Å². The first-order valence-electron chi connectivity index (χ1n) is 3.64.